The number of nitrogens with zero attached hydrogens (tertiary/aromatic N) is 4. The zero-order valence-corrected chi connectivity index (χ0v) is 20.2. The zero-order chi connectivity index (χ0) is 26.2. The van der Waals surface area contributed by atoms with Crippen LogP contribution in [0.15, 0.2) is 60.1 Å². The number of likely N-dealkylation sites (tertiary alicyclic amines) is 1. The first-order valence-corrected chi connectivity index (χ1v) is 13.1. The number of piperidine rings is 1. The van der Waals surface area contributed by atoms with Gasteiger partial charge in [0.25, 0.3) is 10.0 Å². The van der Waals surface area contributed by atoms with E-state index in [2.05, 4.69) is 19.7 Å². The third-order valence-corrected chi connectivity index (χ3v) is 8.15. The van der Waals surface area contributed by atoms with Crippen LogP contribution in [0.1, 0.15) is 42.5 Å². The van der Waals surface area contributed by atoms with Crippen LogP contribution in [0.4, 0.5) is 23.4 Å². The van der Waals surface area contributed by atoms with Crippen LogP contribution in [-0.4, -0.2) is 47.6 Å². The molecule has 1 aromatic carbocycles. The van der Waals surface area contributed by atoms with E-state index in [1.165, 1.54) is 24.7 Å². The molecule has 8 nitrogen and oxygen atoms in total. The van der Waals surface area contributed by atoms with Gasteiger partial charge >= 0.3 is 6.18 Å². The Morgan fingerprint density at radius 1 is 1.03 bits per heavy atom. The third-order valence-electron chi connectivity index (χ3n) is 6.78. The average molecular weight is 538 g/mol. The smallest absolute Gasteiger partial charge is 0.391 e. The van der Waals surface area contributed by atoms with Crippen LogP contribution in [0, 0.1) is 11.7 Å². The number of pyridine rings is 1. The second-order valence-corrected chi connectivity index (χ2v) is 10.6. The molecule has 0 bridgehead atoms. The molecule has 1 fully saturated rings. The van der Waals surface area contributed by atoms with Crippen molar-refractivity contribution in [3.63, 3.8) is 0 Å². The normalized spacial score (nSPS) is 22.6. The fourth-order valence-electron chi connectivity index (χ4n) is 5.03. The van der Waals surface area contributed by atoms with Crippen LogP contribution in [0.3, 0.4) is 0 Å². The van der Waals surface area contributed by atoms with E-state index in [1.807, 2.05) is 4.90 Å². The van der Waals surface area contributed by atoms with E-state index in [0.29, 0.717) is 17.5 Å². The van der Waals surface area contributed by atoms with Crippen molar-refractivity contribution in [2.24, 2.45) is 5.92 Å². The number of alkyl halides is 3. The molecule has 37 heavy (non-hydrogen) atoms. The SMILES string of the molecule is O=S(=O)(Nc1ccncn1)c1cc2c(cc1F)[C@@H](N1CC[C@H](C(F)(F)F)C[C@@H]1c1ccncc1)CCO2. The van der Waals surface area contributed by atoms with Gasteiger partial charge in [-0.05, 0) is 49.2 Å². The molecule has 0 aliphatic carbocycles. The van der Waals surface area contributed by atoms with Gasteiger partial charge < -0.3 is 4.74 Å². The minimum Gasteiger partial charge on any atom is -0.493 e. The van der Waals surface area contributed by atoms with Crippen molar-refractivity contribution in [2.75, 3.05) is 17.9 Å². The fraction of sp³-hybridized carbons (Fsp3) is 0.375. The highest BCUT2D eigenvalue weighted by molar-refractivity contribution is 7.92. The summed E-state index contributed by atoms with van der Waals surface area (Å²) in [5, 5.41) is 0. The summed E-state index contributed by atoms with van der Waals surface area (Å²) in [4.78, 5) is 12.8. The van der Waals surface area contributed by atoms with Gasteiger partial charge in [0, 0.05) is 48.7 Å². The van der Waals surface area contributed by atoms with E-state index in [9.17, 15) is 21.6 Å². The predicted octanol–water partition coefficient (Wildman–Crippen LogP) is 4.65. The Bertz CT molecular complexity index is 1360. The molecule has 0 saturated carbocycles. The quantitative estimate of drug-likeness (QED) is 0.473. The van der Waals surface area contributed by atoms with Crippen LogP contribution in [0.5, 0.6) is 5.75 Å². The Morgan fingerprint density at radius 3 is 2.49 bits per heavy atom. The number of ether oxygens (including phenoxy) is 1. The monoisotopic (exact) mass is 537 g/mol. The zero-order valence-electron chi connectivity index (χ0n) is 19.4. The molecule has 0 spiro atoms. The van der Waals surface area contributed by atoms with Gasteiger partial charge in [-0.2, -0.15) is 13.2 Å². The number of sulfonamides is 1. The molecular formula is C24H23F4N5O3S. The molecule has 1 N–H and O–H groups in total. The van der Waals surface area contributed by atoms with Gasteiger partial charge in [-0.1, -0.05) is 0 Å². The second-order valence-electron chi connectivity index (χ2n) is 8.97. The number of benzene rings is 1. The summed E-state index contributed by atoms with van der Waals surface area (Å²) in [6.45, 7) is 0.336. The molecule has 5 rings (SSSR count). The van der Waals surface area contributed by atoms with Gasteiger partial charge in [-0.3, -0.25) is 14.6 Å². The first-order valence-electron chi connectivity index (χ1n) is 11.6. The van der Waals surface area contributed by atoms with E-state index in [1.54, 1.807) is 12.1 Å². The highest BCUT2D eigenvalue weighted by Gasteiger charge is 2.46. The summed E-state index contributed by atoms with van der Waals surface area (Å²) in [5.74, 6) is -2.31. The number of fused-ring (bicyclic) bond motifs is 1. The summed E-state index contributed by atoms with van der Waals surface area (Å²) in [6, 6.07) is 5.88. The molecule has 1 saturated heterocycles. The third kappa shape index (κ3) is 5.23. The number of hydrogen-bond acceptors (Lipinski definition) is 7. The maximum Gasteiger partial charge on any atom is 0.391 e. The number of nitrogens with one attached hydrogen (secondary N) is 1. The van der Waals surface area contributed by atoms with Crippen molar-refractivity contribution < 1.29 is 30.7 Å². The van der Waals surface area contributed by atoms with E-state index in [-0.39, 0.29) is 37.6 Å². The molecule has 0 amide bonds. The number of aromatic nitrogens is 3. The minimum absolute atomic E-state index is 0.0290. The first-order chi connectivity index (χ1) is 17.6. The lowest BCUT2D eigenvalue weighted by molar-refractivity contribution is -0.192. The van der Waals surface area contributed by atoms with Crippen molar-refractivity contribution in [3.05, 3.63) is 72.2 Å². The standard InChI is InChI=1S/C24H23F4N5O3S/c25-18-12-17-19(33-9-4-16(24(26,27)28)11-20(33)15-1-6-29-7-2-15)5-10-36-21(17)13-22(18)37(34,35)32-23-3-8-30-14-31-23/h1-3,6-8,12-14,16,19-20H,4-5,9-11H2,(H,30,31,32)/t16-,19-,20+/m0/s1. The molecule has 196 valence electrons. The van der Waals surface area contributed by atoms with Gasteiger partial charge in [-0.25, -0.2) is 22.8 Å². The summed E-state index contributed by atoms with van der Waals surface area (Å²) in [5.41, 5.74) is 1.08. The summed E-state index contributed by atoms with van der Waals surface area (Å²) in [6.07, 6.45) is 1.41. The molecule has 0 radical (unpaired) electrons. The molecule has 3 atom stereocenters. The Labute approximate surface area is 210 Å². The molecular weight excluding hydrogens is 514 g/mol. The lowest BCUT2D eigenvalue weighted by Gasteiger charge is -2.46. The van der Waals surface area contributed by atoms with Crippen LogP contribution < -0.4 is 9.46 Å². The molecule has 3 aromatic rings. The topological polar surface area (TPSA) is 97.3 Å². The fourth-order valence-corrected chi connectivity index (χ4v) is 6.12. The minimum atomic E-state index is -4.34. The molecule has 4 heterocycles. The lowest BCUT2D eigenvalue weighted by atomic mass is 9.84. The Kier molecular flexibility index (Phi) is 6.75. The Hall–Kier alpha value is -3.32. The Balaban J connectivity index is 1.49. The van der Waals surface area contributed by atoms with E-state index in [4.69, 9.17) is 4.74 Å². The first kappa shape index (κ1) is 25.3. The maximum absolute atomic E-state index is 15.3. The van der Waals surface area contributed by atoms with Crippen molar-refractivity contribution in [1.82, 2.24) is 19.9 Å². The molecule has 2 aliphatic rings. The summed E-state index contributed by atoms with van der Waals surface area (Å²) in [7, 11) is -4.34. The number of anilines is 1. The molecule has 2 aliphatic heterocycles. The number of hydrogen-bond donors (Lipinski definition) is 1. The highest BCUT2D eigenvalue weighted by atomic mass is 32.2. The van der Waals surface area contributed by atoms with E-state index in [0.717, 1.165) is 18.5 Å². The lowest BCUT2D eigenvalue weighted by Crippen LogP contribution is -2.44. The summed E-state index contributed by atoms with van der Waals surface area (Å²) < 4.78 is 89.8. The largest absolute Gasteiger partial charge is 0.493 e. The average Bonchev–Trinajstić information content (AvgIpc) is 2.88. The Morgan fingerprint density at radius 2 is 1.78 bits per heavy atom. The second kappa shape index (κ2) is 9.86. The van der Waals surface area contributed by atoms with Gasteiger partial charge in [-0.15, -0.1) is 0 Å². The van der Waals surface area contributed by atoms with E-state index < -0.39 is 44.9 Å². The highest BCUT2D eigenvalue weighted by Crippen LogP contribution is 2.48. The van der Waals surface area contributed by atoms with Crippen molar-refractivity contribution in [2.45, 2.75) is 42.4 Å². The molecule has 13 heteroatoms. The van der Waals surface area contributed by atoms with Crippen molar-refractivity contribution >= 4 is 15.8 Å². The van der Waals surface area contributed by atoms with E-state index >= 15 is 4.39 Å². The number of rotatable bonds is 5. The van der Waals surface area contributed by atoms with Crippen LogP contribution in [0.25, 0.3) is 0 Å². The van der Waals surface area contributed by atoms with Crippen LogP contribution in [0.2, 0.25) is 0 Å². The van der Waals surface area contributed by atoms with Crippen LogP contribution >= 0.6 is 0 Å². The number of halogens is 4. The van der Waals surface area contributed by atoms with Crippen molar-refractivity contribution in [3.8, 4) is 5.75 Å². The van der Waals surface area contributed by atoms with Gasteiger partial charge in [0.05, 0.1) is 12.5 Å². The van der Waals surface area contributed by atoms with Gasteiger partial charge in [0.2, 0.25) is 0 Å². The molecule has 0 unspecified atom stereocenters. The molecule has 2 aromatic heterocycles. The predicted molar refractivity (Wildman–Crippen MR) is 125 cm³/mol. The maximum atomic E-state index is 15.3. The van der Waals surface area contributed by atoms with Gasteiger partial charge in [0.15, 0.2) is 0 Å². The van der Waals surface area contributed by atoms with Gasteiger partial charge in [0.1, 0.15) is 28.6 Å². The summed E-state index contributed by atoms with van der Waals surface area (Å²) >= 11 is 0. The van der Waals surface area contributed by atoms with Crippen LogP contribution in [-0.2, 0) is 10.0 Å². The van der Waals surface area contributed by atoms with Crippen molar-refractivity contribution in [1.29, 1.82) is 0 Å².